The molecule has 0 aliphatic rings. The Balaban J connectivity index is 2.17. The van der Waals surface area contributed by atoms with Gasteiger partial charge in [-0.05, 0) is 40.8 Å². The number of rotatable bonds is 3. The number of aromatic nitrogens is 4. The Labute approximate surface area is 126 Å². The summed E-state index contributed by atoms with van der Waals surface area (Å²) in [6.45, 7) is 0. The third kappa shape index (κ3) is 2.41. The fourth-order valence-electron chi connectivity index (χ4n) is 2.06. The van der Waals surface area contributed by atoms with Crippen LogP contribution in [0, 0.1) is 0 Å². The summed E-state index contributed by atoms with van der Waals surface area (Å²) >= 11 is 5.92. The molecule has 106 valence electrons. The zero-order valence-corrected chi connectivity index (χ0v) is 11.9. The Hall–Kier alpha value is -2.60. The van der Waals surface area contributed by atoms with Gasteiger partial charge in [-0.15, -0.1) is 5.10 Å². The zero-order chi connectivity index (χ0) is 14.8. The van der Waals surface area contributed by atoms with E-state index in [0.717, 1.165) is 5.69 Å². The van der Waals surface area contributed by atoms with Crippen molar-refractivity contribution in [3.8, 4) is 22.8 Å². The largest absolute Gasteiger partial charge is 0.494 e. The van der Waals surface area contributed by atoms with E-state index in [9.17, 15) is 0 Å². The van der Waals surface area contributed by atoms with E-state index in [0.29, 0.717) is 27.8 Å². The maximum Gasteiger partial charge on any atom is 0.189 e. The summed E-state index contributed by atoms with van der Waals surface area (Å²) in [5.74, 6) is 1.19. The minimum absolute atomic E-state index is 0.508. The molecule has 21 heavy (non-hydrogen) atoms. The number of nitrogens with zero attached hydrogens (tertiary/aromatic N) is 4. The Morgan fingerprint density at radius 1 is 1.19 bits per heavy atom. The number of hydrogen-bond donors (Lipinski definition) is 1. The summed E-state index contributed by atoms with van der Waals surface area (Å²) in [5.41, 5.74) is 7.95. The standard InChI is InChI=1S/C14H12ClN5O/c1-21-13-5-3-2-4-12(13)20-14(17-18-19-20)10-7-6-9(15)8-11(10)16/h2-8H,16H2,1H3. The van der Waals surface area contributed by atoms with E-state index in [1.807, 2.05) is 24.3 Å². The van der Waals surface area contributed by atoms with Gasteiger partial charge in [0.05, 0.1) is 7.11 Å². The van der Waals surface area contributed by atoms with Gasteiger partial charge in [-0.2, -0.15) is 4.68 Å². The number of para-hydroxylation sites is 2. The number of nitrogen functional groups attached to an aromatic ring is 1. The lowest BCUT2D eigenvalue weighted by molar-refractivity contribution is 0.411. The minimum Gasteiger partial charge on any atom is -0.494 e. The number of tetrazole rings is 1. The molecule has 2 N–H and O–H groups in total. The molecule has 0 bridgehead atoms. The van der Waals surface area contributed by atoms with E-state index in [1.165, 1.54) is 0 Å². The van der Waals surface area contributed by atoms with Gasteiger partial charge < -0.3 is 10.5 Å². The second-order valence-corrected chi connectivity index (χ2v) is 4.75. The summed E-state index contributed by atoms with van der Waals surface area (Å²) < 4.78 is 6.92. The van der Waals surface area contributed by atoms with Crippen molar-refractivity contribution in [2.75, 3.05) is 12.8 Å². The summed E-state index contributed by atoms with van der Waals surface area (Å²) in [4.78, 5) is 0. The first-order chi connectivity index (χ1) is 10.2. The van der Waals surface area contributed by atoms with Crippen molar-refractivity contribution in [2.45, 2.75) is 0 Å². The summed E-state index contributed by atoms with van der Waals surface area (Å²) in [6.07, 6.45) is 0. The molecule has 0 amide bonds. The fourth-order valence-corrected chi connectivity index (χ4v) is 2.24. The van der Waals surface area contributed by atoms with Crippen molar-refractivity contribution in [2.24, 2.45) is 0 Å². The van der Waals surface area contributed by atoms with Crippen LogP contribution >= 0.6 is 11.6 Å². The molecule has 0 atom stereocenters. The highest BCUT2D eigenvalue weighted by molar-refractivity contribution is 6.31. The molecule has 0 unspecified atom stereocenters. The van der Waals surface area contributed by atoms with Crippen LogP contribution in [0.1, 0.15) is 0 Å². The molecule has 0 saturated carbocycles. The van der Waals surface area contributed by atoms with Gasteiger partial charge >= 0.3 is 0 Å². The lowest BCUT2D eigenvalue weighted by Crippen LogP contribution is -2.03. The van der Waals surface area contributed by atoms with Gasteiger partial charge in [0.2, 0.25) is 0 Å². The highest BCUT2D eigenvalue weighted by Crippen LogP contribution is 2.30. The molecule has 0 saturated heterocycles. The normalized spacial score (nSPS) is 10.6. The molecule has 0 spiro atoms. The molecule has 0 fully saturated rings. The van der Waals surface area contributed by atoms with Crippen LogP contribution in [0.2, 0.25) is 5.02 Å². The zero-order valence-electron chi connectivity index (χ0n) is 11.2. The molecular formula is C14H12ClN5O. The van der Waals surface area contributed by atoms with Gasteiger partial charge in [0, 0.05) is 16.3 Å². The van der Waals surface area contributed by atoms with Crippen LogP contribution < -0.4 is 10.5 Å². The number of ether oxygens (including phenoxy) is 1. The predicted octanol–water partition coefficient (Wildman–Crippen LogP) is 2.57. The third-order valence-electron chi connectivity index (χ3n) is 3.04. The summed E-state index contributed by atoms with van der Waals surface area (Å²) in [5, 5.41) is 12.4. The van der Waals surface area contributed by atoms with Crippen LogP contribution in [0.25, 0.3) is 17.1 Å². The van der Waals surface area contributed by atoms with Crippen molar-refractivity contribution >= 4 is 17.3 Å². The van der Waals surface area contributed by atoms with Crippen LogP contribution in [-0.2, 0) is 0 Å². The first-order valence-electron chi connectivity index (χ1n) is 6.18. The van der Waals surface area contributed by atoms with Gasteiger partial charge in [0.25, 0.3) is 0 Å². The second-order valence-electron chi connectivity index (χ2n) is 4.32. The molecule has 0 aliphatic heterocycles. The van der Waals surface area contributed by atoms with Gasteiger partial charge in [0.15, 0.2) is 5.82 Å². The van der Waals surface area contributed by atoms with Crippen LogP contribution in [0.4, 0.5) is 5.69 Å². The number of hydrogen-bond acceptors (Lipinski definition) is 5. The number of methoxy groups -OCH3 is 1. The highest BCUT2D eigenvalue weighted by atomic mass is 35.5. The van der Waals surface area contributed by atoms with Gasteiger partial charge in [-0.25, -0.2) is 0 Å². The number of nitrogens with two attached hydrogens (primary N) is 1. The quantitative estimate of drug-likeness (QED) is 0.752. The SMILES string of the molecule is COc1ccccc1-n1nnnc1-c1ccc(Cl)cc1N. The summed E-state index contributed by atoms with van der Waals surface area (Å²) in [7, 11) is 1.60. The molecule has 2 aromatic carbocycles. The van der Waals surface area contributed by atoms with Crippen LogP contribution in [0.3, 0.4) is 0 Å². The molecular weight excluding hydrogens is 290 g/mol. The average molecular weight is 302 g/mol. The molecule has 3 rings (SSSR count). The molecule has 7 heteroatoms. The lowest BCUT2D eigenvalue weighted by atomic mass is 10.1. The third-order valence-corrected chi connectivity index (χ3v) is 3.27. The molecule has 0 aliphatic carbocycles. The number of anilines is 1. The number of halogens is 1. The van der Waals surface area contributed by atoms with Gasteiger partial charge in [-0.3, -0.25) is 0 Å². The second kappa shape index (κ2) is 5.41. The van der Waals surface area contributed by atoms with Crippen molar-refractivity contribution in [3.63, 3.8) is 0 Å². The minimum atomic E-state index is 0.508. The first kappa shape index (κ1) is 13.4. The van der Waals surface area contributed by atoms with E-state index < -0.39 is 0 Å². The fraction of sp³-hybridized carbons (Fsp3) is 0.0714. The molecule has 3 aromatic rings. The lowest BCUT2D eigenvalue weighted by Gasteiger charge is -2.10. The van der Waals surface area contributed by atoms with E-state index in [4.69, 9.17) is 22.1 Å². The molecule has 1 aromatic heterocycles. The monoisotopic (exact) mass is 301 g/mol. The molecule has 6 nitrogen and oxygen atoms in total. The van der Waals surface area contributed by atoms with Gasteiger partial charge in [0.1, 0.15) is 11.4 Å². The topological polar surface area (TPSA) is 78.8 Å². The van der Waals surface area contributed by atoms with Crippen molar-refractivity contribution in [1.82, 2.24) is 20.2 Å². The van der Waals surface area contributed by atoms with Crippen molar-refractivity contribution in [1.29, 1.82) is 0 Å². The maximum absolute atomic E-state index is 6.01. The van der Waals surface area contributed by atoms with Crippen LogP contribution in [-0.4, -0.2) is 27.3 Å². The van der Waals surface area contributed by atoms with Crippen molar-refractivity contribution < 1.29 is 4.74 Å². The van der Waals surface area contributed by atoms with E-state index in [2.05, 4.69) is 15.5 Å². The smallest absolute Gasteiger partial charge is 0.189 e. The van der Waals surface area contributed by atoms with Gasteiger partial charge in [-0.1, -0.05) is 23.7 Å². The van der Waals surface area contributed by atoms with E-state index in [-0.39, 0.29) is 0 Å². The number of benzene rings is 2. The average Bonchev–Trinajstić information content (AvgIpc) is 2.96. The maximum atomic E-state index is 6.01. The Bertz CT molecular complexity index is 787. The summed E-state index contributed by atoms with van der Waals surface area (Å²) in [6, 6.07) is 12.7. The Kier molecular flexibility index (Phi) is 3.45. The van der Waals surface area contributed by atoms with E-state index in [1.54, 1.807) is 30.0 Å². The van der Waals surface area contributed by atoms with Crippen LogP contribution in [0.15, 0.2) is 42.5 Å². The Morgan fingerprint density at radius 3 is 2.76 bits per heavy atom. The highest BCUT2D eigenvalue weighted by Gasteiger charge is 2.16. The van der Waals surface area contributed by atoms with E-state index >= 15 is 0 Å². The van der Waals surface area contributed by atoms with Crippen LogP contribution in [0.5, 0.6) is 5.75 Å². The first-order valence-corrected chi connectivity index (χ1v) is 6.55. The molecule has 0 radical (unpaired) electrons. The molecule has 1 heterocycles. The van der Waals surface area contributed by atoms with Crippen molar-refractivity contribution in [3.05, 3.63) is 47.5 Å². The Morgan fingerprint density at radius 2 is 2.00 bits per heavy atom. The predicted molar refractivity (Wildman–Crippen MR) is 80.6 cm³/mol.